The minimum absolute atomic E-state index is 0.791. The van der Waals surface area contributed by atoms with E-state index in [-0.39, 0.29) is 0 Å². The van der Waals surface area contributed by atoms with Crippen LogP contribution in [0.3, 0.4) is 0 Å². The monoisotopic (exact) mass is 419 g/mol. The molecule has 0 saturated carbocycles. The summed E-state index contributed by atoms with van der Waals surface area (Å²) in [5.41, 5.74) is 5.47. The van der Waals surface area contributed by atoms with Gasteiger partial charge in [-0.2, -0.15) is 0 Å². The van der Waals surface area contributed by atoms with Gasteiger partial charge in [-0.1, -0.05) is 18.2 Å². The third-order valence-corrected chi connectivity index (χ3v) is 5.74. The van der Waals surface area contributed by atoms with E-state index in [1.165, 1.54) is 21.8 Å². The molecule has 5 rings (SSSR count). The van der Waals surface area contributed by atoms with Crippen molar-refractivity contribution in [2.45, 2.75) is 13.5 Å². The molecule has 5 heteroatoms. The molecule has 2 aromatic heterocycles. The van der Waals surface area contributed by atoms with Crippen molar-refractivity contribution >= 4 is 48.8 Å². The molecular formula is C22H18BrN3O. The van der Waals surface area contributed by atoms with Crippen molar-refractivity contribution in [3.8, 4) is 17.1 Å². The summed E-state index contributed by atoms with van der Waals surface area (Å²) >= 11 is 3.53. The number of halogens is 1. The Hall–Kier alpha value is -2.79. The number of para-hydroxylation sites is 1. The molecule has 3 aromatic carbocycles. The standard InChI is InChI=1S/C22H18BrN3O/c1-3-26-19-7-5-4-6-14(19)15-10-13(8-9-20(15)26)22-24-17-11-16(23)21(27-2)12-18(17)25-22/h4-12H,3H2,1-2H3,(H,24,25). The minimum Gasteiger partial charge on any atom is -0.495 e. The molecule has 0 radical (unpaired) electrons. The number of aryl methyl sites for hydroxylation is 1. The van der Waals surface area contributed by atoms with Gasteiger partial charge in [0, 0.05) is 40.0 Å². The first kappa shape index (κ1) is 16.4. The van der Waals surface area contributed by atoms with Crippen molar-refractivity contribution in [3.05, 3.63) is 59.1 Å². The van der Waals surface area contributed by atoms with Gasteiger partial charge in [-0.3, -0.25) is 0 Å². The van der Waals surface area contributed by atoms with E-state index in [9.17, 15) is 0 Å². The largest absolute Gasteiger partial charge is 0.495 e. The van der Waals surface area contributed by atoms with Gasteiger partial charge in [0.1, 0.15) is 11.6 Å². The normalized spacial score (nSPS) is 11.7. The summed E-state index contributed by atoms with van der Waals surface area (Å²) in [4.78, 5) is 8.21. The summed E-state index contributed by atoms with van der Waals surface area (Å²) in [5, 5.41) is 2.53. The highest BCUT2D eigenvalue weighted by Crippen LogP contribution is 2.34. The van der Waals surface area contributed by atoms with E-state index in [4.69, 9.17) is 9.72 Å². The van der Waals surface area contributed by atoms with Crippen LogP contribution in [-0.4, -0.2) is 21.6 Å². The highest BCUT2D eigenvalue weighted by Gasteiger charge is 2.13. The maximum atomic E-state index is 5.39. The van der Waals surface area contributed by atoms with E-state index in [0.29, 0.717) is 0 Å². The Balaban J connectivity index is 1.73. The van der Waals surface area contributed by atoms with E-state index in [1.807, 2.05) is 12.1 Å². The number of methoxy groups -OCH3 is 1. The van der Waals surface area contributed by atoms with Crippen LogP contribution in [0, 0.1) is 0 Å². The van der Waals surface area contributed by atoms with Crippen LogP contribution >= 0.6 is 15.9 Å². The number of imidazole rings is 1. The summed E-state index contributed by atoms with van der Waals surface area (Å²) in [6.45, 7) is 3.13. The number of benzene rings is 3. The average molecular weight is 420 g/mol. The number of hydrogen-bond acceptors (Lipinski definition) is 2. The van der Waals surface area contributed by atoms with E-state index in [0.717, 1.165) is 39.2 Å². The van der Waals surface area contributed by atoms with Crippen molar-refractivity contribution in [1.29, 1.82) is 0 Å². The number of nitrogens with zero attached hydrogens (tertiary/aromatic N) is 2. The van der Waals surface area contributed by atoms with Crippen LogP contribution in [0.15, 0.2) is 59.1 Å². The van der Waals surface area contributed by atoms with Gasteiger partial charge in [-0.05, 0) is 53.2 Å². The third-order valence-electron chi connectivity index (χ3n) is 5.12. The molecule has 0 saturated heterocycles. The molecule has 0 bridgehead atoms. The summed E-state index contributed by atoms with van der Waals surface area (Å²) in [6.07, 6.45) is 0. The van der Waals surface area contributed by atoms with Gasteiger partial charge in [0.25, 0.3) is 0 Å². The Morgan fingerprint density at radius 1 is 1.04 bits per heavy atom. The molecule has 4 nitrogen and oxygen atoms in total. The molecule has 0 fully saturated rings. The molecule has 0 atom stereocenters. The van der Waals surface area contributed by atoms with Gasteiger partial charge in [0.15, 0.2) is 0 Å². The molecule has 5 aromatic rings. The van der Waals surface area contributed by atoms with Gasteiger partial charge >= 0.3 is 0 Å². The van der Waals surface area contributed by atoms with Crippen LogP contribution in [-0.2, 0) is 6.54 Å². The zero-order valence-corrected chi connectivity index (χ0v) is 16.7. The smallest absolute Gasteiger partial charge is 0.138 e. The molecule has 0 amide bonds. The molecule has 0 aliphatic rings. The van der Waals surface area contributed by atoms with Gasteiger partial charge in [-0.15, -0.1) is 0 Å². The van der Waals surface area contributed by atoms with Crippen molar-refractivity contribution < 1.29 is 4.74 Å². The topological polar surface area (TPSA) is 42.8 Å². The van der Waals surface area contributed by atoms with Crippen LogP contribution in [0.1, 0.15) is 6.92 Å². The van der Waals surface area contributed by atoms with Crippen molar-refractivity contribution in [2.75, 3.05) is 7.11 Å². The second kappa shape index (κ2) is 6.13. The summed E-state index contributed by atoms with van der Waals surface area (Å²) in [5.74, 6) is 1.65. The van der Waals surface area contributed by atoms with Gasteiger partial charge in [-0.25, -0.2) is 4.98 Å². The fraction of sp³-hybridized carbons (Fsp3) is 0.136. The highest BCUT2D eigenvalue weighted by atomic mass is 79.9. The van der Waals surface area contributed by atoms with Crippen LogP contribution in [0.25, 0.3) is 44.2 Å². The van der Waals surface area contributed by atoms with Crippen LogP contribution < -0.4 is 4.74 Å². The highest BCUT2D eigenvalue weighted by molar-refractivity contribution is 9.10. The maximum Gasteiger partial charge on any atom is 0.138 e. The number of aromatic nitrogens is 3. The predicted octanol–water partition coefficient (Wildman–Crippen LogP) is 6.13. The SMILES string of the molecule is CCn1c2ccccc2c2cc(-c3nc4cc(Br)c(OC)cc4[nH]3)ccc21. The van der Waals surface area contributed by atoms with Crippen LogP contribution in [0.2, 0.25) is 0 Å². The number of fused-ring (bicyclic) bond motifs is 4. The molecule has 0 aliphatic carbocycles. The number of H-pyrrole nitrogens is 1. The first-order valence-corrected chi connectivity index (χ1v) is 9.73. The molecule has 0 spiro atoms. The fourth-order valence-corrected chi connectivity index (χ4v) is 4.34. The fourth-order valence-electron chi connectivity index (χ4n) is 3.85. The Morgan fingerprint density at radius 2 is 1.85 bits per heavy atom. The zero-order valence-electron chi connectivity index (χ0n) is 15.1. The summed E-state index contributed by atoms with van der Waals surface area (Å²) in [7, 11) is 1.67. The molecular weight excluding hydrogens is 402 g/mol. The van der Waals surface area contributed by atoms with Crippen LogP contribution in [0.5, 0.6) is 5.75 Å². The Bertz CT molecular complexity index is 1320. The zero-order chi connectivity index (χ0) is 18.5. The minimum atomic E-state index is 0.791. The predicted molar refractivity (Wildman–Crippen MR) is 114 cm³/mol. The third kappa shape index (κ3) is 2.46. The molecule has 27 heavy (non-hydrogen) atoms. The van der Waals surface area contributed by atoms with E-state index >= 15 is 0 Å². The second-order valence-electron chi connectivity index (χ2n) is 6.58. The van der Waals surface area contributed by atoms with Gasteiger partial charge in [0.05, 0.1) is 22.6 Å². The summed E-state index contributed by atoms with van der Waals surface area (Å²) in [6, 6.07) is 19.1. The first-order chi connectivity index (χ1) is 13.2. The number of nitrogens with one attached hydrogen (secondary N) is 1. The number of hydrogen-bond donors (Lipinski definition) is 1. The average Bonchev–Trinajstić information content (AvgIpc) is 3.25. The van der Waals surface area contributed by atoms with Crippen molar-refractivity contribution in [1.82, 2.24) is 14.5 Å². The summed E-state index contributed by atoms with van der Waals surface area (Å²) < 4.78 is 8.65. The Morgan fingerprint density at radius 3 is 2.67 bits per heavy atom. The van der Waals surface area contributed by atoms with E-state index < -0.39 is 0 Å². The van der Waals surface area contributed by atoms with E-state index in [2.05, 4.69) is 74.9 Å². The van der Waals surface area contributed by atoms with Crippen molar-refractivity contribution in [2.24, 2.45) is 0 Å². The number of rotatable bonds is 3. The molecule has 1 N–H and O–H groups in total. The number of aromatic amines is 1. The lowest BCUT2D eigenvalue weighted by Crippen LogP contribution is -1.92. The first-order valence-electron chi connectivity index (χ1n) is 8.94. The number of ether oxygens (including phenoxy) is 1. The maximum absolute atomic E-state index is 5.39. The molecule has 2 heterocycles. The van der Waals surface area contributed by atoms with Crippen molar-refractivity contribution in [3.63, 3.8) is 0 Å². The quantitative estimate of drug-likeness (QED) is 0.382. The Labute approximate surface area is 164 Å². The van der Waals surface area contributed by atoms with Crippen LogP contribution in [0.4, 0.5) is 0 Å². The molecule has 134 valence electrons. The van der Waals surface area contributed by atoms with Gasteiger partial charge in [0.2, 0.25) is 0 Å². The van der Waals surface area contributed by atoms with E-state index in [1.54, 1.807) is 7.11 Å². The van der Waals surface area contributed by atoms with Gasteiger partial charge < -0.3 is 14.3 Å². The lowest BCUT2D eigenvalue weighted by atomic mass is 10.1. The Kier molecular flexibility index (Phi) is 3.72. The molecule has 0 aliphatic heterocycles. The lowest BCUT2D eigenvalue weighted by molar-refractivity contribution is 0.412. The lowest BCUT2D eigenvalue weighted by Gasteiger charge is -2.03. The second-order valence-corrected chi connectivity index (χ2v) is 7.44. The molecule has 0 unspecified atom stereocenters.